The van der Waals surface area contributed by atoms with Crippen molar-refractivity contribution in [1.82, 2.24) is 5.32 Å². The summed E-state index contributed by atoms with van der Waals surface area (Å²) in [6.45, 7) is 2.18. The molecule has 0 aliphatic carbocycles. The molecule has 0 radical (unpaired) electrons. The van der Waals surface area contributed by atoms with Crippen LogP contribution in [-0.4, -0.2) is 34.4 Å². The molecule has 4 N–H and O–H groups in total. The number of halogens is 1. The molecule has 0 amide bonds. The van der Waals surface area contributed by atoms with E-state index in [0.29, 0.717) is 6.54 Å². The predicted molar refractivity (Wildman–Crippen MR) is 43.3 cm³/mol. The molecule has 5 heteroatoms. The molecule has 0 saturated heterocycles. The summed E-state index contributed by atoms with van der Waals surface area (Å²) >= 11 is 0. The van der Waals surface area contributed by atoms with E-state index in [1.54, 1.807) is 6.92 Å². The minimum absolute atomic E-state index is 0. The zero-order valence-electron chi connectivity index (χ0n) is 5.16. The van der Waals surface area contributed by atoms with Gasteiger partial charge in [-0.1, -0.05) is 6.92 Å². The highest BCUT2D eigenvalue weighted by Crippen LogP contribution is 1.86. The lowest BCUT2D eigenvalue weighted by atomic mass is 10.5. The molecular weight excluding hydrogens is 237 g/mol. The summed E-state index contributed by atoms with van der Waals surface area (Å²) in [4.78, 5) is 0. The average molecular weight is 249 g/mol. The van der Waals surface area contributed by atoms with E-state index >= 15 is 0 Å². The van der Waals surface area contributed by atoms with Gasteiger partial charge in [0.15, 0.2) is 0 Å². The third-order valence-corrected chi connectivity index (χ3v) is 0.612. The molecule has 0 fully saturated rings. The van der Waals surface area contributed by atoms with Gasteiger partial charge >= 0.3 is 0 Å². The number of rotatable bonds is 3. The van der Waals surface area contributed by atoms with Crippen molar-refractivity contribution in [3.63, 3.8) is 0 Å². The Hall–Kier alpha value is 0.570. The standard InChI is InChI=1S/C4H11NO3.HI/c1-2-5-3-4(6,7)8;/h5-8H,2-3H2,1H3;1H. The molecule has 0 heterocycles. The van der Waals surface area contributed by atoms with E-state index in [0.717, 1.165) is 0 Å². The Morgan fingerprint density at radius 1 is 1.33 bits per heavy atom. The molecular formula is C4H12INO3. The first-order valence-electron chi connectivity index (χ1n) is 2.44. The molecule has 0 atom stereocenters. The lowest BCUT2D eigenvalue weighted by Crippen LogP contribution is -2.39. The minimum Gasteiger partial charge on any atom is -0.343 e. The molecule has 0 bridgehead atoms. The van der Waals surface area contributed by atoms with Gasteiger partial charge in [-0.05, 0) is 6.54 Å². The van der Waals surface area contributed by atoms with Crippen molar-refractivity contribution in [3.8, 4) is 0 Å². The van der Waals surface area contributed by atoms with Gasteiger partial charge in [0.1, 0.15) is 0 Å². The molecule has 0 aromatic carbocycles. The molecule has 0 unspecified atom stereocenters. The lowest BCUT2D eigenvalue weighted by molar-refractivity contribution is -0.306. The van der Waals surface area contributed by atoms with Crippen molar-refractivity contribution in [1.29, 1.82) is 0 Å². The van der Waals surface area contributed by atoms with Crippen LogP contribution in [0.2, 0.25) is 0 Å². The van der Waals surface area contributed by atoms with Crippen LogP contribution in [0.15, 0.2) is 0 Å². The summed E-state index contributed by atoms with van der Waals surface area (Å²) in [5, 5.41) is 27.1. The number of hydrogen-bond acceptors (Lipinski definition) is 4. The van der Waals surface area contributed by atoms with Crippen LogP contribution in [0.25, 0.3) is 0 Å². The van der Waals surface area contributed by atoms with Gasteiger partial charge in [-0.2, -0.15) is 0 Å². The maximum atomic E-state index is 8.20. The maximum absolute atomic E-state index is 8.20. The highest BCUT2D eigenvalue weighted by atomic mass is 127. The molecule has 0 aliphatic heterocycles. The van der Waals surface area contributed by atoms with Crippen LogP contribution in [0.3, 0.4) is 0 Å². The van der Waals surface area contributed by atoms with Crippen molar-refractivity contribution in [2.45, 2.75) is 12.9 Å². The van der Waals surface area contributed by atoms with Gasteiger partial charge in [-0.3, -0.25) is 0 Å². The van der Waals surface area contributed by atoms with Crippen molar-refractivity contribution < 1.29 is 15.3 Å². The number of nitrogens with one attached hydrogen (secondary N) is 1. The van der Waals surface area contributed by atoms with E-state index in [2.05, 4.69) is 5.32 Å². The second kappa shape index (κ2) is 5.36. The zero-order chi connectivity index (χ0) is 6.62. The Bertz CT molecular complexity index is 63.3. The maximum Gasteiger partial charge on any atom is 0.288 e. The van der Waals surface area contributed by atoms with Crippen LogP contribution in [0.5, 0.6) is 0 Å². The normalized spacial score (nSPS) is 10.7. The Morgan fingerprint density at radius 2 is 1.78 bits per heavy atom. The summed E-state index contributed by atoms with van der Waals surface area (Å²) in [5.74, 6) is -2.56. The van der Waals surface area contributed by atoms with Crippen molar-refractivity contribution in [2.75, 3.05) is 13.1 Å². The van der Waals surface area contributed by atoms with E-state index in [9.17, 15) is 0 Å². The smallest absolute Gasteiger partial charge is 0.288 e. The first-order valence-corrected chi connectivity index (χ1v) is 2.44. The van der Waals surface area contributed by atoms with Crippen molar-refractivity contribution in [3.05, 3.63) is 0 Å². The SMILES string of the molecule is CCNCC(O)(O)O.I. The fourth-order valence-corrected chi connectivity index (χ4v) is 0.293. The fourth-order valence-electron chi connectivity index (χ4n) is 0.293. The molecule has 0 aromatic heterocycles. The van der Waals surface area contributed by atoms with Gasteiger partial charge in [-0.25, -0.2) is 0 Å². The third kappa shape index (κ3) is 11.9. The molecule has 0 spiro atoms. The Kier molecular flexibility index (Phi) is 7.31. The van der Waals surface area contributed by atoms with Gasteiger partial charge in [0.05, 0.1) is 6.54 Å². The highest BCUT2D eigenvalue weighted by molar-refractivity contribution is 14.0. The molecule has 9 heavy (non-hydrogen) atoms. The largest absolute Gasteiger partial charge is 0.343 e. The minimum atomic E-state index is -2.56. The third-order valence-electron chi connectivity index (χ3n) is 0.612. The average Bonchev–Trinajstić information content (AvgIpc) is 1.59. The van der Waals surface area contributed by atoms with E-state index in [1.807, 2.05) is 0 Å². The Balaban J connectivity index is 0. The van der Waals surface area contributed by atoms with Gasteiger partial charge in [0, 0.05) is 0 Å². The van der Waals surface area contributed by atoms with Crippen LogP contribution in [0.1, 0.15) is 6.92 Å². The van der Waals surface area contributed by atoms with Crippen LogP contribution in [-0.2, 0) is 0 Å². The molecule has 0 saturated carbocycles. The molecule has 0 aromatic rings. The quantitative estimate of drug-likeness (QED) is 0.376. The van der Waals surface area contributed by atoms with Crippen LogP contribution in [0.4, 0.5) is 0 Å². The Morgan fingerprint density at radius 3 is 1.89 bits per heavy atom. The predicted octanol–water partition coefficient (Wildman–Crippen LogP) is -1.16. The monoisotopic (exact) mass is 249 g/mol. The van der Waals surface area contributed by atoms with E-state index in [1.165, 1.54) is 0 Å². The van der Waals surface area contributed by atoms with Gasteiger partial charge in [-0.15, -0.1) is 24.0 Å². The molecule has 0 aliphatic rings. The van der Waals surface area contributed by atoms with Crippen LogP contribution >= 0.6 is 24.0 Å². The van der Waals surface area contributed by atoms with Crippen molar-refractivity contribution >= 4 is 24.0 Å². The van der Waals surface area contributed by atoms with E-state index in [4.69, 9.17) is 15.3 Å². The molecule has 4 nitrogen and oxygen atoms in total. The second-order valence-corrected chi connectivity index (χ2v) is 1.55. The summed E-state index contributed by atoms with van der Waals surface area (Å²) in [6, 6.07) is 0. The van der Waals surface area contributed by atoms with Gasteiger partial charge < -0.3 is 20.6 Å². The van der Waals surface area contributed by atoms with Crippen LogP contribution in [0, 0.1) is 0 Å². The number of likely N-dealkylation sites (N-methyl/N-ethyl adjacent to an activating group) is 1. The summed E-state index contributed by atoms with van der Waals surface area (Å²) in [7, 11) is 0. The first kappa shape index (κ1) is 12.3. The highest BCUT2D eigenvalue weighted by Gasteiger charge is 2.15. The fraction of sp³-hybridized carbons (Fsp3) is 1.00. The van der Waals surface area contributed by atoms with Gasteiger partial charge in [0.25, 0.3) is 5.97 Å². The van der Waals surface area contributed by atoms with Crippen molar-refractivity contribution in [2.24, 2.45) is 0 Å². The van der Waals surface area contributed by atoms with E-state index in [-0.39, 0.29) is 30.5 Å². The van der Waals surface area contributed by atoms with Gasteiger partial charge in [0.2, 0.25) is 0 Å². The number of hydrogen-bond donors (Lipinski definition) is 4. The van der Waals surface area contributed by atoms with Crippen LogP contribution < -0.4 is 5.32 Å². The van der Waals surface area contributed by atoms with E-state index < -0.39 is 5.97 Å². The molecule has 0 rings (SSSR count). The number of aliphatic hydroxyl groups is 3. The lowest BCUT2D eigenvalue weighted by Gasteiger charge is -2.12. The zero-order valence-corrected chi connectivity index (χ0v) is 7.49. The first-order chi connectivity index (χ1) is 3.56. The summed E-state index contributed by atoms with van der Waals surface area (Å²) < 4.78 is 0. The summed E-state index contributed by atoms with van der Waals surface area (Å²) in [6.07, 6.45) is 0. The Labute approximate surface area is 70.9 Å². The second-order valence-electron chi connectivity index (χ2n) is 1.55. The summed E-state index contributed by atoms with van der Waals surface area (Å²) in [5.41, 5.74) is 0. The molecule has 58 valence electrons. The topological polar surface area (TPSA) is 72.7 Å².